The molecule has 1 fully saturated rings. The number of rotatable bonds is 3. The Hall–Kier alpha value is -3.02. The van der Waals surface area contributed by atoms with Crippen LogP contribution in [0, 0.1) is 13.8 Å². The Morgan fingerprint density at radius 2 is 1.33 bits per heavy atom. The molecule has 0 aromatic heterocycles. The van der Waals surface area contributed by atoms with Crippen LogP contribution in [-0.2, 0) is 4.79 Å². The van der Waals surface area contributed by atoms with E-state index in [-0.39, 0.29) is 11.9 Å². The standard InChI is InChI=1S/C21H26N4O2/c1-15-12-16(2)14-20(13-15)24-8-10-25(11-9-24)21(27)23-19-6-4-18(5-7-19)22-17(3)26/h4-7,12-14H,8-11H2,1-3H3,(H,22,26)(H,23,27). The predicted molar refractivity (Wildman–Crippen MR) is 109 cm³/mol. The number of hydrogen-bond acceptors (Lipinski definition) is 3. The van der Waals surface area contributed by atoms with Crippen molar-refractivity contribution in [3.8, 4) is 0 Å². The highest BCUT2D eigenvalue weighted by atomic mass is 16.2. The Labute approximate surface area is 160 Å². The number of amides is 3. The van der Waals surface area contributed by atoms with Gasteiger partial charge in [0.1, 0.15) is 0 Å². The van der Waals surface area contributed by atoms with Crippen molar-refractivity contribution in [1.29, 1.82) is 0 Å². The van der Waals surface area contributed by atoms with Crippen molar-refractivity contribution in [3.63, 3.8) is 0 Å². The molecule has 1 heterocycles. The minimum Gasteiger partial charge on any atom is -0.368 e. The lowest BCUT2D eigenvalue weighted by atomic mass is 10.1. The molecular formula is C21H26N4O2. The molecule has 27 heavy (non-hydrogen) atoms. The quantitative estimate of drug-likeness (QED) is 0.872. The topological polar surface area (TPSA) is 64.7 Å². The number of carbonyl (C=O) groups is 2. The number of piperazine rings is 1. The summed E-state index contributed by atoms with van der Waals surface area (Å²) in [4.78, 5) is 27.7. The Balaban J connectivity index is 1.54. The largest absolute Gasteiger partial charge is 0.368 e. The fourth-order valence-electron chi connectivity index (χ4n) is 3.34. The van der Waals surface area contributed by atoms with E-state index >= 15 is 0 Å². The lowest BCUT2D eigenvalue weighted by Gasteiger charge is -2.36. The smallest absolute Gasteiger partial charge is 0.321 e. The first-order valence-corrected chi connectivity index (χ1v) is 9.17. The van der Waals surface area contributed by atoms with Gasteiger partial charge < -0.3 is 20.4 Å². The molecule has 142 valence electrons. The number of anilines is 3. The molecule has 2 aromatic carbocycles. The summed E-state index contributed by atoms with van der Waals surface area (Å²) in [6.07, 6.45) is 0. The van der Waals surface area contributed by atoms with Crippen LogP contribution in [0.25, 0.3) is 0 Å². The van der Waals surface area contributed by atoms with E-state index in [0.29, 0.717) is 24.5 Å². The molecule has 0 bridgehead atoms. The monoisotopic (exact) mass is 366 g/mol. The number of carbonyl (C=O) groups excluding carboxylic acids is 2. The van der Waals surface area contributed by atoms with Crippen LogP contribution in [0.1, 0.15) is 18.1 Å². The van der Waals surface area contributed by atoms with Crippen molar-refractivity contribution >= 4 is 29.0 Å². The Bertz CT molecular complexity index is 804. The van der Waals surface area contributed by atoms with Crippen molar-refractivity contribution < 1.29 is 9.59 Å². The molecule has 1 aliphatic rings. The first kappa shape index (κ1) is 18.8. The van der Waals surface area contributed by atoms with Gasteiger partial charge in [0.25, 0.3) is 0 Å². The molecule has 3 rings (SSSR count). The van der Waals surface area contributed by atoms with E-state index in [0.717, 1.165) is 13.1 Å². The summed E-state index contributed by atoms with van der Waals surface area (Å²) in [5, 5.41) is 5.63. The van der Waals surface area contributed by atoms with Crippen LogP contribution in [-0.4, -0.2) is 43.0 Å². The van der Waals surface area contributed by atoms with Gasteiger partial charge in [-0.2, -0.15) is 0 Å². The van der Waals surface area contributed by atoms with Crippen LogP contribution >= 0.6 is 0 Å². The minimum atomic E-state index is -0.117. The van der Waals surface area contributed by atoms with Gasteiger partial charge in [0.05, 0.1) is 0 Å². The van der Waals surface area contributed by atoms with E-state index in [4.69, 9.17) is 0 Å². The number of benzene rings is 2. The first-order chi connectivity index (χ1) is 12.9. The van der Waals surface area contributed by atoms with Crippen molar-refractivity contribution in [2.45, 2.75) is 20.8 Å². The van der Waals surface area contributed by atoms with Gasteiger partial charge in [0.2, 0.25) is 5.91 Å². The Morgan fingerprint density at radius 1 is 0.815 bits per heavy atom. The molecule has 0 radical (unpaired) electrons. The van der Waals surface area contributed by atoms with E-state index in [1.165, 1.54) is 23.7 Å². The van der Waals surface area contributed by atoms with E-state index in [9.17, 15) is 9.59 Å². The van der Waals surface area contributed by atoms with Crippen LogP contribution < -0.4 is 15.5 Å². The van der Waals surface area contributed by atoms with E-state index in [1.807, 2.05) is 4.90 Å². The third-order valence-electron chi connectivity index (χ3n) is 4.60. The summed E-state index contributed by atoms with van der Waals surface area (Å²) < 4.78 is 0. The van der Waals surface area contributed by atoms with Crippen LogP contribution in [0.15, 0.2) is 42.5 Å². The zero-order valence-corrected chi connectivity index (χ0v) is 16.1. The third-order valence-corrected chi connectivity index (χ3v) is 4.60. The molecule has 1 aliphatic heterocycles. The van der Waals surface area contributed by atoms with E-state index in [2.05, 4.69) is 47.6 Å². The third kappa shape index (κ3) is 5.00. The molecule has 0 aliphatic carbocycles. The number of nitrogens with one attached hydrogen (secondary N) is 2. The van der Waals surface area contributed by atoms with Gasteiger partial charge in [-0.05, 0) is 61.4 Å². The number of hydrogen-bond donors (Lipinski definition) is 2. The number of nitrogens with zero attached hydrogens (tertiary/aromatic N) is 2. The Kier molecular flexibility index (Phi) is 5.64. The lowest BCUT2D eigenvalue weighted by Crippen LogP contribution is -2.50. The second-order valence-corrected chi connectivity index (χ2v) is 7.01. The van der Waals surface area contributed by atoms with Crippen LogP contribution in [0.3, 0.4) is 0 Å². The van der Waals surface area contributed by atoms with Crippen LogP contribution in [0.2, 0.25) is 0 Å². The van der Waals surface area contributed by atoms with Gasteiger partial charge in [-0.15, -0.1) is 0 Å². The zero-order chi connectivity index (χ0) is 19.4. The fourth-order valence-corrected chi connectivity index (χ4v) is 3.34. The molecule has 0 spiro atoms. The lowest BCUT2D eigenvalue weighted by molar-refractivity contribution is -0.114. The van der Waals surface area contributed by atoms with Crippen LogP contribution in [0.5, 0.6) is 0 Å². The van der Waals surface area contributed by atoms with E-state index < -0.39 is 0 Å². The van der Waals surface area contributed by atoms with E-state index in [1.54, 1.807) is 24.3 Å². The van der Waals surface area contributed by atoms with Crippen LogP contribution in [0.4, 0.5) is 21.9 Å². The average Bonchev–Trinajstić information content (AvgIpc) is 2.62. The highest BCUT2D eigenvalue weighted by Crippen LogP contribution is 2.21. The van der Waals surface area contributed by atoms with Crippen molar-refractivity contribution in [1.82, 2.24) is 4.90 Å². The molecule has 2 N–H and O–H groups in total. The SMILES string of the molecule is CC(=O)Nc1ccc(NC(=O)N2CCN(c3cc(C)cc(C)c3)CC2)cc1. The molecule has 0 saturated carbocycles. The molecule has 6 nitrogen and oxygen atoms in total. The second kappa shape index (κ2) is 8.12. The molecule has 0 atom stereocenters. The minimum absolute atomic E-state index is 0.0950. The molecule has 6 heteroatoms. The van der Waals surface area contributed by atoms with Gasteiger partial charge in [0, 0.05) is 50.2 Å². The van der Waals surface area contributed by atoms with Crippen molar-refractivity contribution in [2.24, 2.45) is 0 Å². The zero-order valence-electron chi connectivity index (χ0n) is 16.1. The van der Waals surface area contributed by atoms with Crippen molar-refractivity contribution in [3.05, 3.63) is 53.6 Å². The summed E-state index contributed by atoms with van der Waals surface area (Å²) in [5.41, 5.74) is 5.16. The fraction of sp³-hybridized carbons (Fsp3) is 0.333. The average molecular weight is 366 g/mol. The van der Waals surface area contributed by atoms with Crippen molar-refractivity contribution in [2.75, 3.05) is 41.7 Å². The normalized spacial score (nSPS) is 14.0. The molecule has 3 amide bonds. The molecule has 0 unspecified atom stereocenters. The number of aryl methyl sites for hydroxylation is 2. The molecular weight excluding hydrogens is 340 g/mol. The predicted octanol–water partition coefficient (Wildman–Crippen LogP) is 3.62. The first-order valence-electron chi connectivity index (χ1n) is 9.17. The van der Waals surface area contributed by atoms with Gasteiger partial charge in [-0.3, -0.25) is 4.79 Å². The summed E-state index contributed by atoms with van der Waals surface area (Å²) in [5.74, 6) is -0.117. The maximum Gasteiger partial charge on any atom is 0.321 e. The summed E-state index contributed by atoms with van der Waals surface area (Å²) in [6.45, 7) is 8.68. The highest BCUT2D eigenvalue weighted by Gasteiger charge is 2.21. The number of urea groups is 1. The van der Waals surface area contributed by atoms with Gasteiger partial charge in [-0.1, -0.05) is 6.07 Å². The maximum absolute atomic E-state index is 12.5. The molecule has 2 aromatic rings. The van der Waals surface area contributed by atoms with Gasteiger partial charge in [-0.25, -0.2) is 4.79 Å². The van der Waals surface area contributed by atoms with Gasteiger partial charge >= 0.3 is 6.03 Å². The second-order valence-electron chi connectivity index (χ2n) is 7.01. The Morgan fingerprint density at radius 3 is 1.85 bits per heavy atom. The summed E-state index contributed by atoms with van der Waals surface area (Å²) >= 11 is 0. The maximum atomic E-state index is 12.5. The van der Waals surface area contributed by atoms with Gasteiger partial charge in [0.15, 0.2) is 0 Å². The summed E-state index contributed by atoms with van der Waals surface area (Å²) in [7, 11) is 0. The highest BCUT2D eigenvalue weighted by molar-refractivity contribution is 5.91. The molecule has 1 saturated heterocycles. The summed E-state index contributed by atoms with van der Waals surface area (Å²) in [6, 6.07) is 13.6.